The summed E-state index contributed by atoms with van der Waals surface area (Å²) < 4.78 is 0. The quantitative estimate of drug-likeness (QED) is 0.750. The van der Waals surface area contributed by atoms with Crippen LogP contribution in [0.2, 0.25) is 0 Å². The van der Waals surface area contributed by atoms with E-state index in [1.165, 1.54) is 35.4 Å². The summed E-state index contributed by atoms with van der Waals surface area (Å²) in [6.07, 6.45) is 3.46. The molecule has 0 saturated carbocycles. The Morgan fingerprint density at radius 1 is 1.04 bits per heavy atom. The van der Waals surface area contributed by atoms with E-state index in [1.807, 2.05) is 0 Å². The lowest BCUT2D eigenvalue weighted by Crippen LogP contribution is -2.25. The van der Waals surface area contributed by atoms with Gasteiger partial charge in [0.05, 0.1) is 0 Å². The topological polar surface area (TPSA) is 15.6 Å². The summed E-state index contributed by atoms with van der Waals surface area (Å²) >= 11 is 0. The Bertz CT molecular complexity index is 652. The van der Waals surface area contributed by atoms with Gasteiger partial charge in [-0.1, -0.05) is 67.9 Å². The molecule has 0 N–H and O–H groups in total. The third kappa shape index (κ3) is 3.94. The van der Waals surface area contributed by atoms with Gasteiger partial charge in [-0.05, 0) is 23.1 Å². The van der Waals surface area contributed by atoms with Crippen molar-refractivity contribution in [2.45, 2.75) is 38.8 Å². The van der Waals surface area contributed by atoms with Gasteiger partial charge in [-0.25, -0.2) is 0 Å². The second-order valence-electron chi connectivity index (χ2n) is 6.02. The maximum atomic E-state index is 5.15. The lowest BCUT2D eigenvalue weighted by Gasteiger charge is -2.19. The molecule has 3 rings (SSSR count). The average molecular weight is 329 g/mol. The molecule has 122 valence electrons. The molecule has 1 heterocycles. The van der Waals surface area contributed by atoms with Crippen molar-refractivity contribution in [2.75, 3.05) is 7.05 Å². The zero-order valence-corrected chi connectivity index (χ0v) is 14.7. The van der Waals surface area contributed by atoms with Crippen molar-refractivity contribution in [3.63, 3.8) is 0 Å². The minimum absolute atomic E-state index is 0. The van der Waals surface area contributed by atoms with Crippen LogP contribution in [0, 0.1) is 0 Å². The predicted molar refractivity (Wildman–Crippen MR) is 100 cm³/mol. The molecule has 2 aromatic carbocycles. The summed E-state index contributed by atoms with van der Waals surface area (Å²) in [5.74, 6) is 1.23. The molecule has 1 aliphatic heterocycles. The van der Waals surface area contributed by atoms with Crippen LogP contribution in [0.25, 0.3) is 0 Å². The van der Waals surface area contributed by atoms with Gasteiger partial charge in [0.25, 0.3) is 0 Å². The maximum absolute atomic E-state index is 5.15. The van der Waals surface area contributed by atoms with Crippen molar-refractivity contribution in [3.8, 4) is 0 Å². The number of amidine groups is 1. The van der Waals surface area contributed by atoms with E-state index in [2.05, 4.69) is 73.5 Å². The van der Waals surface area contributed by atoms with Crippen LogP contribution in [0.15, 0.2) is 59.6 Å². The summed E-state index contributed by atoms with van der Waals surface area (Å²) in [6.45, 7) is 3.18. The summed E-state index contributed by atoms with van der Waals surface area (Å²) in [5, 5.41) is 0. The summed E-state index contributed by atoms with van der Waals surface area (Å²) in [6, 6.07) is 19.5. The number of aliphatic imine (C=N–C) groups is 1. The van der Waals surface area contributed by atoms with Crippen molar-refractivity contribution in [3.05, 3.63) is 71.3 Å². The number of hydrogen-bond donors (Lipinski definition) is 0. The smallest absolute Gasteiger partial charge is 0.102 e. The number of halogens is 1. The SMILES string of the molecule is CCCCC1=NC(c2ccccc2)c2ccccc2CN1C.Cl. The van der Waals surface area contributed by atoms with Crippen LogP contribution in [0.4, 0.5) is 0 Å². The van der Waals surface area contributed by atoms with E-state index in [0.29, 0.717) is 0 Å². The highest BCUT2D eigenvalue weighted by Gasteiger charge is 2.22. The summed E-state index contributed by atoms with van der Waals surface area (Å²) in [4.78, 5) is 7.47. The van der Waals surface area contributed by atoms with Crippen LogP contribution in [-0.2, 0) is 6.54 Å². The van der Waals surface area contributed by atoms with Crippen molar-refractivity contribution in [1.29, 1.82) is 0 Å². The lowest BCUT2D eigenvalue weighted by molar-refractivity contribution is 0.487. The van der Waals surface area contributed by atoms with E-state index in [9.17, 15) is 0 Å². The molecule has 3 heteroatoms. The molecular formula is C20H25ClN2. The van der Waals surface area contributed by atoms with Gasteiger partial charge in [0.2, 0.25) is 0 Å². The van der Waals surface area contributed by atoms with Crippen molar-refractivity contribution in [2.24, 2.45) is 4.99 Å². The van der Waals surface area contributed by atoms with E-state index >= 15 is 0 Å². The van der Waals surface area contributed by atoms with E-state index in [4.69, 9.17) is 4.99 Å². The second-order valence-corrected chi connectivity index (χ2v) is 6.02. The average Bonchev–Trinajstić information content (AvgIpc) is 2.70. The Morgan fingerprint density at radius 2 is 1.74 bits per heavy atom. The molecule has 0 amide bonds. The van der Waals surface area contributed by atoms with Crippen LogP contribution < -0.4 is 0 Å². The molecule has 0 fully saturated rings. The Morgan fingerprint density at radius 3 is 2.48 bits per heavy atom. The molecule has 0 bridgehead atoms. The molecule has 0 spiro atoms. The van der Waals surface area contributed by atoms with Crippen LogP contribution >= 0.6 is 12.4 Å². The van der Waals surface area contributed by atoms with Gasteiger partial charge < -0.3 is 4.90 Å². The van der Waals surface area contributed by atoms with Gasteiger partial charge in [0, 0.05) is 20.0 Å². The van der Waals surface area contributed by atoms with Crippen LogP contribution in [0.5, 0.6) is 0 Å². The monoisotopic (exact) mass is 328 g/mol. The Labute approximate surface area is 145 Å². The third-order valence-electron chi connectivity index (χ3n) is 4.35. The predicted octanol–water partition coefficient (Wildman–Crippen LogP) is 5.23. The maximum Gasteiger partial charge on any atom is 0.102 e. The largest absolute Gasteiger partial charge is 0.359 e. The zero-order chi connectivity index (χ0) is 15.4. The first kappa shape index (κ1) is 17.6. The number of rotatable bonds is 4. The molecule has 1 aliphatic rings. The molecule has 23 heavy (non-hydrogen) atoms. The van der Waals surface area contributed by atoms with Gasteiger partial charge in [-0.3, -0.25) is 4.99 Å². The molecule has 0 aromatic heterocycles. The van der Waals surface area contributed by atoms with Crippen LogP contribution in [0.3, 0.4) is 0 Å². The minimum Gasteiger partial charge on any atom is -0.359 e. The van der Waals surface area contributed by atoms with Gasteiger partial charge in [0.15, 0.2) is 0 Å². The zero-order valence-electron chi connectivity index (χ0n) is 13.9. The Hall–Kier alpha value is -1.80. The fourth-order valence-corrected chi connectivity index (χ4v) is 3.09. The van der Waals surface area contributed by atoms with Crippen molar-refractivity contribution < 1.29 is 0 Å². The third-order valence-corrected chi connectivity index (χ3v) is 4.35. The molecular weight excluding hydrogens is 304 g/mol. The number of hydrogen-bond acceptors (Lipinski definition) is 2. The standard InChI is InChI=1S/C20H24N2.ClH/c1-3-4-14-19-21-20(16-10-6-5-7-11-16)18-13-9-8-12-17(18)15-22(19)2;/h5-13,20H,3-4,14-15H2,1-2H3;1H. The first-order chi connectivity index (χ1) is 10.8. The highest BCUT2D eigenvalue weighted by atomic mass is 35.5. The first-order valence-corrected chi connectivity index (χ1v) is 8.20. The molecule has 0 radical (unpaired) electrons. The number of nitrogens with zero attached hydrogens (tertiary/aromatic N) is 2. The number of benzene rings is 2. The fraction of sp³-hybridized carbons (Fsp3) is 0.350. The number of fused-ring (bicyclic) bond motifs is 1. The van der Waals surface area contributed by atoms with E-state index in [-0.39, 0.29) is 18.4 Å². The van der Waals surface area contributed by atoms with E-state index in [1.54, 1.807) is 0 Å². The van der Waals surface area contributed by atoms with Crippen molar-refractivity contribution in [1.82, 2.24) is 4.90 Å². The Balaban J connectivity index is 0.00000192. The summed E-state index contributed by atoms with van der Waals surface area (Å²) in [7, 11) is 2.17. The number of unbranched alkanes of at least 4 members (excludes halogenated alkanes) is 1. The molecule has 1 atom stereocenters. The highest BCUT2D eigenvalue weighted by Crippen LogP contribution is 2.32. The fourth-order valence-electron chi connectivity index (χ4n) is 3.09. The highest BCUT2D eigenvalue weighted by molar-refractivity contribution is 5.85. The van der Waals surface area contributed by atoms with Gasteiger partial charge >= 0.3 is 0 Å². The van der Waals surface area contributed by atoms with Crippen LogP contribution in [0.1, 0.15) is 48.9 Å². The minimum atomic E-state index is 0. The molecule has 0 saturated heterocycles. The van der Waals surface area contributed by atoms with Gasteiger partial charge in [0.1, 0.15) is 11.9 Å². The van der Waals surface area contributed by atoms with Gasteiger partial charge in [-0.15, -0.1) is 12.4 Å². The van der Waals surface area contributed by atoms with E-state index < -0.39 is 0 Å². The molecule has 2 aromatic rings. The molecule has 2 nitrogen and oxygen atoms in total. The molecule has 0 aliphatic carbocycles. The van der Waals surface area contributed by atoms with Gasteiger partial charge in [-0.2, -0.15) is 0 Å². The van der Waals surface area contributed by atoms with Crippen LogP contribution in [-0.4, -0.2) is 17.8 Å². The lowest BCUT2D eigenvalue weighted by atomic mass is 9.95. The summed E-state index contributed by atoms with van der Waals surface area (Å²) in [5.41, 5.74) is 4.00. The Kier molecular flexibility index (Phi) is 6.23. The normalized spacial score (nSPS) is 16.9. The first-order valence-electron chi connectivity index (χ1n) is 8.20. The second kappa shape index (κ2) is 8.16. The molecule has 1 unspecified atom stereocenters. The van der Waals surface area contributed by atoms with Crippen molar-refractivity contribution >= 4 is 18.2 Å². The van der Waals surface area contributed by atoms with E-state index in [0.717, 1.165) is 13.0 Å².